The second kappa shape index (κ2) is 10.1. The van der Waals surface area contributed by atoms with E-state index in [2.05, 4.69) is 15.1 Å². The van der Waals surface area contributed by atoms with E-state index in [1.54, 1.807) is 24.1 Å². The third-order valence-electron chi connectivity index (χ3n) is 5.12. The van der Waals surface area contributed by atoms with Crippen LogP contribution < -0.4 is 10.2 Å². The molecule has 1 aliphatic heterocycles. The lowest BCUT2D eigenvalue weighted by Gasteiger charge is -2.35. The van der Waals surface area contributed by atoms with Crippen molar-refractivity contribution in [1.82, 2.24) is 9.80 Å². The highest BCUT2D eigenvalue weighted by atomic mass is 19.1. The van der Waals surface area contributed by atoms with Gasteiger partial charge in [-0.25, -0.2) is 9.18 Å². The van der Waals surface area contributed by atoms with Gasteiger partial charge in [-0.3, -0.25) is 9.69 Å². The predicted molar refractivity (Wildman–Crippen MR) is 114 cm³/mol. The number of carbonyl (C=O) groups excluding carboxylic acids is 2. The monoisotopic (exact) mass is 414 g/mol. The molecule has 1 N–H and O–H groups in total. The van der Waals surface area contributed by atoms with Crippen molar-refractivity contribution >= 4 is 23.4 Å². The van der Waals surface area contributed by atoms with Crippen LogP contribution in [0.15, 0.2) is 48.5 Å². The van der Waals surface area contributed by atoms with Crippen molar-refractivity contribution in [2.24, 2.45) is 0 Å². The van der Waals surface area contributed by atoms with Crippen LogP contribution >= 0.6 is 0 Å². The Balaban J connectivity index is 1.49. The molecule has 0 saturated carbocycles. The average molecular weight is 414 g/mol. The van der Waals surface area contributed by atoms with Gasteiger partial charge in [0.1, 0.15) is 5.82 Å². The van der Waals surface area contributed by atoms with Crippen molar-refractivity contribution in [3.8, 4) is 0 Å². The largest absolute Gasteiger partial charge is 0.468 e. The maximum Gasteiger partial charge on any atom is 0.321 e. The van der Waals surface area contributed by atoms with E-state index in [0.29, 0.717) is 18.8 Å². The molecule has 1 heterocycles. The molecule has 1 fully saturated rings. The molecule has 8 heteroatoms. The first-order valence-electron chi connectivity index (χ1n) is 9.85. The van der Waals surface area contributed by atoms with Gasteiger partial charge in [-0.15, -0.1) is 0 Å². The Hall–Kier alpha value is -3.13. The van der Waals surface area contributed by atoms with Crippen molar-refractivity contribution in [2.75, 3.05) is 57.1 Å². The molecule has 0 radical (unpaired) electrons. The molecule has 0 spiro atoms. The topological polar surface area (TPSA) is 65.1 Å². The third kappa shape index (κ3) is 5.93. The second-order valence-electron chi connectivity index (χ2n) is 7.30. The van der Waals surface area contributed by atoms with E-state index in [1.807, 2.05) is 24.3 Å². The van der Waals surface area contributed by atoms with Crippen LogP contribution in [-0.4, -0.2) is 68.7 Å². The number of hydrogen-bond acceptors (Lipinski definition) is 5. The zero-order valence-corrected chi connectivity index (χ0v) is 17.3. The van der Waals surface area contributed by atoms with Gasteiger partial charge in [-0.05, 0) is 42.0 Å². The van der Waals surface area contributed by atoms with Crippen LogP contribution in [0.2, 0.25) is 0 Å². The van der Waals surface area contributed by atoms with Crippen LogP contribution in [0, 0.1) is 5.82 Å². The van der Waals surface area contributed by atoms with Gasteiger partial charge in [-0.1, -0.05) is 12.1 Å². The molecule has 1 saturated heterocycles. The Morgan fingerprint density at radius 1 is 1.03 bits per heavy atom. The molecule has 7 nitrogen and oxygen atoms in total. The van der Waals surface area contributed by atoms with E-state index in [0.717, 1.165) is 37.4 Å². The number of halogens is 1. The van der Waals surface area contributed by atoms with Crippen molar-refractivity contribution in [2.45, 2.75) is 6.54 Å². The first-order chi connectivity index (χ1) is 14.4. The lowest BCUT2D eigenvalue weighted by Crippen LogP contribution is -2.48. The summed E-state index contributed by atoms with van der Waals surface area (Å²) >= 11 is 0. The molecule has 1 aliphatic rings. The zero-order valence-electron chi connectivity index (χ0n) is 17.3. The zero-order chi connectivity index (χ0) is 21.5. The number of piperazine rings is 1. The minimum absolute atomic E-state index is 0.215. The lowest BCUT2D eigenvalue weighted by atomic mass is 10.2. The summed E-state index contributed by atoms with van der Waals surface area (Å²) in [6.07, 6.45) is 0. The highest BCUT2D eigenvalue weighted by Crippen LogP contribution is 2.20. The number of anilines is 2. The maximum absolute atomic E-state index is 13.0. The summed E-state index contributed by atoms with van der Waals surface area (Å²) in [6.45, 7) is 3.94. The van der Waals surface area contributed by atoms with E-state index in [-0.39, 0.29) is 17.8 Å². The Bertz CT molecular complexity index is 850. The van der Waals surface area contributed by atoms with Gasteiger partial charge < -0.3 is 19.9 Å². The number of nitrogens with zero attached hydrogens (tertiary/aromatic N) is 3. The second-order valence-corrected chi connectivity index (χ2v) is 7.30. The Labute approximate surface area is 176 Å². The summed E-state index contributed by atoms with van der Waals surface area (Å²) in [5, 5.41) is 2.87. The van der Waals surface area contributed by atoms with Gasteiger partial charge >= 0.3 is 12.0 Å². The Kier molecular flexibility index (Phi) is 7.24. The quantitative estimate of drug-likeness (QED) is 0.737. The minimum atomic E-state index is -0.296. The van der Waals surface area contributed by atoms with Crippen molar-refractivity contribution in [3.63, 3.8) is 0 Å². The molecule has 0 aliphatic carbocycles. The van der Waals surface area contributed by atoms with Crippen molar-refractivity contribution < 1.29 is 18.7 Å². The number of benzene rings is 2. The fourth-order valence-corrected chi connectivity index (χ4v) is 3.32. The third-order valence-corrected chi connectivity index (χ3v) is 5.12. The molecule has 160 valence electrons. The summed E-state index contributed by atoms with van der Waals surface area (Å²) < 4.78 is 17.7. The number of methoxy groups -OCH3 is 1. The fourth-order valence-electron chi connectivity index (χ4n) is 3.32. The highest BCUT2D eigenvalue weighted by molar-refractivity contribution is 5.89. The first-order valence-corrected chi connectivity index (χ1v) is 9.85. The van der Waals surface area contributed by atoms with Crippen LogP contribution in [-0.2, 0) is 16.1 Å². The molecule has 0 aromatic heterocycles. The molecule has 3 rings (SSSR count). The van der Waals surface area contributed by atoms with Gasteiger partial charge in [0.25, 0.3) is 0 Å². The van der Waals surface area contributed by atoms with Crippen LogP contribution in [0.3, 0.4) is 0 Å². The number of rotatable bonds is 6. The molecule has 0 atom stereocenters. The standard InChI is InChI=1S/C22H27FN4O3/c1-25(15-17-3-5-18(23)6-4-17)22(29)24-19-7-9-20(10-8-19)27-13-11-26(12-14-27)16-21(28)30-2/h3-10H,11-16H2,1-2H3,(H,24,29). The highest BCUT2D eigenvalue weighted by Gasteiger charge is 2.19. The molecular weight excluding hydrogens is 387 g/mol. The Morgan fingerprint density at radius 3 is 2.27 bits per heavy atom. The fraction of sp³-hybridized carbons (Fsp3) is 0.364. The van der Waals surface area contributed by atoms with Crippen molar-refractivity contribution in [3.05, 3.63) is 59.9 Å². The van der Waals surface area contributed by atoms with E-state index in [9.17, 15) is 14.0 Å². The molecular formula is C22H27FN4O3. The van der Waals surface area contributed by atoms with E-state index < -0.39 is 0 Å². The molecule has 2 amide bonds. The number of carbonyl (C=O) groups is 2. The summed E-state index contributed by atoms with van der Waals surface area (Å²) in [6, 6.07) is 13.6. The van der Waals surface area contributed by atoms with Gasteiger partial charge in [0.05, 0.1) is 13.7 Å². The van der Waals surface area contributed by atoms with Gasteiger partial charge in [0.15, 0.2) is 0 Å². The summed E-state index contributed by atoms with van der Waals surface area (Å²) in [5.74, 6) is -0.510. The minimum Gasteiger partial charge on any atom is -0.468 e. The number of ether oxygens (including phenoxy) is 1. The van der Waals surface area contributed by atoms with Crippen LogP contribution in [0.5, 0.6) is 0 Å². The number of amides is 2. The van der Waals surface area contributed by atoms with E-state index in [4.69, 9.17) is 4.74 Å². The first kappa shape index (κ1) is 21.6. The Morgan fingerprint density at radius 2 is 1.67 bits per heavy atom. The summed E-state index contributed by atoms with van der Waals surface area (Å²) in [5.41, 5.74) is 2.64. The molecule has 2 aromatic carbocycles. The smallest absolute Gasteiger partial charge is 0.321 e. The van der Waals surface area contributed by atoms with E-state index >= 15 is 0 Å². The van der Waals surface area contributed by atoms with Crippen molar-refractivity contribution in [1.29, 1.82) is 0 Å². The van der Waals surface area contributed by atoms with Gasteiger partial charge in [0.2, 0.25) is 0 Å². The SMILES string of the molecule is COC(=O)CN1CCN(c2ccc(NC(=O)N(C)Cc3ccc(F)cc3)cc2)CC1. The van der Waals surface area contributed by atoms with Crippen LogP contribution in [0.4, 0.5) is 20.6 Å². The number of nitrogens with one attached hydrogen (secondary N) is 1. The van der Waals surface area contributed by atoms with Crippen LogP contribution in [0.1, 0.15) is 5.56 Å². The number of hydrogen-bond donors (Lipinski definition) is 1. The molecule has 0 unspecified atom stereocenters. The van der Waals surface area contributed by atoms with Gasteiger partial charge in [0, 0.05) is 51.1 Å². The van der Waals surface area contributed by atoms with E-state index in [1.165, 1.54) is 19.2 Å². The lowest BCUT2D eigenvalue weighted by molar-refractivity contribution is -0.142. The predicted octanol–water partition coefficient (Wildman–Crippen LogP) is 2.78. The van der Waals surface area contributed by atoms with Gasteiger partial charge in [-0.2, -0.15) is 0 Å². The summed E-state index contributed by atoms with van der Waals surface area (Å²) in [7, 11) is 3.10. The summed E-state index contributed by atoms with van der Waals surface area (Å²) in [4.78, 5) is 29.7. The molecule has 2 aromatic rings. The number of esters is 1. The normalized spacial score (nSPS) is 14.3. The average Bonchev–Trinajstić information content (AvgIpc) is 2.76. The van der Waals surface area contributed by atoms with Crippen LogP contribution in [0.25, 0.3) is 0 Å². The molecule has 30 heavy (non-hydrogen) atoms. The molecule has 0 bridgehead atoms. The maximum atomic E-state index is 13.0. The number of urea groups is 1.